The lowest BCUT2D eigenvalue weighted by Crippen LogP contribution is -2.25. The molecule has 0 bridgehead atoms. The molecule has 3 atom stereocenters. The summed E-state index contributed by atoms with van der Waals surface area (Å²) >= 11 is 0. The quantitative estimate of drug-likeness (QED) is 0.431. The highest BCUT2D eigenvalue weighted by molar-refractivity contribution is 5.80. The van der Waals surface area contributed by atoms with E-state index in [9.17, 15) is 22.4 Å². The molecule has 1 aliphatic rings. The fourth-order valence-corrected chi connectivity index (χ4v) is 2.92. The van der Waals surface area contributed by atoms with Crippen LogP contribution >= 0.6 is 0 Å². The number of hydrogen-bond acceptors (Lipinski definition) is 3. The van der Waals surface area contributed by atoms with E-state index >= 15 is 0 Å². The summed E-state index contributed by atoms with van der Waals surface area (Å²) in [5, 5.41) is 0. The molecule has 1 fully saturated rings. The van der Waals surface area contributed by atoms with Crippen LogP contribution in [0, 0.1) is 18.3 Å². The number of hydrogen-bond donors (Lipinski definition) is 0. The maximum atomic E-state index is 14.1. The molecule has 0 aromatic carbocycles. The molecule has 1 saturated carbocycles. The Bertz CT molecular complexity index is 608. The lowest BCUT2D eigenvalue weighted by Gasteiger charge is -2.12. The van der Waals surface area contributed by atoms with E-state index in [4.69, 9.17) is 9.15 Å². The molecule has 0 N–H and O–H groups in total. The Morgan fingerprint density at radius 3 is 2.70 bits per heavy atom. The third-order valence-corrected chi connectivity index (χ3v) is 4.52. The summed E-state index contributed by atoms with van der Waals surface area (Å²) in [4.78, 5) is 11.9. The molecular formula is C16H18F4O3. The molecule has 1 aromatic heterocycles. The Kier molecular flexibility index (Phi) is 4.59. The highest BCUT2D eigenvalue weighted by Gasteiger charge is 2.84. The third-order valence-electron chi connectivity index (χ3n) is 4.52. The average molecular weight is 334 g/mol. The van der Waals surface area contributed by atoms with Crippen molar-refractivity contribution in [1.29, 1.82) is 0 Å². The van der Waals surface area contributed by atoms with Crippen molar-refractivity contribution < 1.29 is 31.5 Å². The van der Waals surface area contributed by atoms with Crippen LogP contribution in [0.3, 0.4) is 0 Å². The Morgan fingerprint density at radius 2 is 2.22 bits per heavy atom. The average Bonchev–Trinajstić information content (AvgIpc) is 2.78. The molecule has 7 heteroatoms. The van der Waals surface area contributed by atoms with Crippen molar-refractivity contribution in [3.63, 3.8) is 0 Å². The predicted molar refractivity (Wildman–Crippen MR) is 74.6 cm³/mol. The van der Waals surface area contributed by atoms with Crippen molar-refractivity contribution in [3.05, 3.63) is 35.8 Å². The second-order valence-corrected chi connectivity index (χ2v) is 5.88. The predicted octanol–water partition coefficient (Wildman–Crippen LogP) is 3.94. The number of carbonyl (C=O) groups is 1. The van der Waals surface area contributed by atoms with Gasteiger partial charge in [-0.05, 0) is 19.9 Å². The lowest BCUT2D eigenvalue weighted by atomic mass is 10.0. The first-order chi connectivity index (χ1) is 10.7. The minimum Gasteiger partial charge on any atom is -0.466 e. The molecule has 23 heavy (non-hydrogen) atoms. The van der Waals surface area contributed by atoms with Crippen molar-refractivity contribution in [2.24, 2.45) is 11.3 Å². The van der Waals surface area contributed by atoms with Crippen molar-refractivity contribution in [2.45, 2.75) is 39.0 Å². The second-order valence-electron chi connectivity index (χ2n) is 5.88. The summed E-state index contributed by atoms with van der Waals surface area (Å²) in [6.45, 7) is 4.15. The van der Waals surface area contributed by atoms with Crippen LogP contribution in [0.1, 0.15) is 24.0 Å². The molecule has 2 rings (SSSR count). The van der Waals surface area contributed by atoms with E-state index in [-0.39, 0.29) is 6.61 Å². The summed E-state index contributed by atoms with van der Waals surface area (Å²) in [5.41, 5.74) is -4.69. The Labute approximate surface area is 131 Å². The molecule has 0 radical (unpaired) electrons. The van der Waals surface area contributed by atoms with Crippen LogP contribution in [-0.2, 0) is 22.6 Å². The van der Waals surface area contributed by atoms with Gasteiger partial charge in [-0.1, -0.05) is 6.08 Å². The van der Waals surface area contributed by atoms with Gasteiger partial charge in [-0.3, -0.25) is 9.18 Å². The first-order valence-corrected chi connectivity index (χ1v) is 7.11. The van der Waals surface area contributed by atoms with Crippen molar-refractivity contribution in [1.82, 2.24) is 0 Å². The van der Waals surface area contributed by atoms with E-state index in [1.54, 1.807) is 19.1 Å². The second kappa shape index (κ2) is 6.02. The monoisotopic (exact) mass is 334 g/mol. The molecule has 1 aromatic rings. The summed E-state index contributed by atoms with van der Waals surface area (Å²) in [7, 11) is 0. The van der Waals surface area contributed by atoms with Crippen LogP contribution in [0.5, 0.6) is 0 Å². The number of esters is 1. The van der Waals surface area contributed by atoms with Gasteiger partial charge < -0.3 is 9.15 Å². The number of halogens is 4. The molecule has 0 amide bonds. The number of allylic oxidation sites excluding steroid dienone is 1. The maximum absolute atomic E-state index is 14.1. The highest BCUT2D eigenvalue weighted by atomic mass is 19.3. The summed E-state index contributed by atoms with van der Waals surface area (Å²) < 4.78 is 63.4. The smallest absolute Gasteiger partial charge is 0.313 e. The highest BCUT2D eigenvalue weighted by Crippen LogP contribution is 2.68. The van der Waals surface area contributed by atoms with Gasteiger partial charge in [0.15, 0.2) is 0 Å². The van der Waals surface area contributed by atoms with Gasteiger partial charge in [0.05, 0.1) is 0 Å². The van der Waals surface area contributed by atoms with Gasteiger partial charge in [-0.15, -0.1) is 6.58 Å². The summed E-state index contributed by atoms with van der Waals surface area (Å²) in [5.74, 6) is -1.87. The molecule has 0 saturated heterocycles. The Balaban J connectivity index is 2.05. The van der Waals surface area contributed by atoms with E-state index in [1.807, 2.05) is 0 Å². The maximum Gasteiger partial charge on any atom is 0.313 e. The number of alkyl halides is 4. The zero-order chi connectivity index (χ0) is 17.4. The van der Waals surface area contributed by atoms with Gasteiger partial charge in [0.2, 0.25) is 0 Å². The molecule has 1 heterocycles. The van der Waals surface area contributed by atoms with Gasteiger partial charge >= 0.3 is 5.97 Å². The van der Waals surface area contributed by atoms with Gasteiger partial charge in [-0.2, -0.15) is 0 Å². The zero-order valence-electron chi connectivity index (χ0n) is 12.9. The van der Waals surface area contributed by atoms with E-state index < -0.39 is 36.1 Å². The first-order valence-electron chi connectivity index (χ1n) is 7.11. The fourth-order valence-electron chi connectivity index (χ4n) is 2.92. The number of furan rings is 1. The number of ether oxygens (including phenoxy) is 1. The lowest BCUT2D eigenvalue weighted by molar-refractivity contribution is -0.149. The van der Waals surface area contributed by atoms with Crippen LogP contribution < -0.4 is 0 Å². The molecule has 3 nitrogen and oxygen atoms in total. The van der Waals surface area contributed by atoms with E-state index in [0.717, 1.165) is 6.92 Å². The Morgan fingerprint density at radius 1 is 1.57 bits per heavy atom. The SMILES string of the molecule is C=CCc1cc(COC(=O)C2C(C)(F)C2(CF)C(F)F)c(C)o1. The van der Waals surface area contributed by atoms with Crippen molar-refractivity contribution in [3.8, 4) is 0 Å². The topological polar surface area (TPSA) is 39.4 Å². The fraction of sp³-hybridized carbons (Fsp3) is 0.562. The zero-order valence-corrected chi connectivity index (χ0v) is 12.9. The molecule has 128 valence electrons. The van der Waals surface area contributed by atoms with Crippen LogP contribution in [-0.4, -0.2) is 24.7 Å². The standard InChI is InChI=1S/C16H18F4O3/c1-4-5-11-6-10(9(2)23-11)7-22-13(21)12-15(3,20)16(12,8-17)14(18)19/h4,6,12,14H,1,5,7-8H2,2-3H3. The van der Waals surface area contributed by atoms with Gasteiger partial charge in [0, 0.05) is 12.0 Å². The number of carbonyl (C=O) groups excluding carboxylic acids is 1. The Hall–Kier alpha value is -1.79. The first kappa shape index (κ1) is 17.6. The van der Waals surface area contributed by atoms with Gasteiger partial charge in [0.1, 0.15) is 41.8 Å². The van der Waals surface area contributed by atoms with Crippen molar-refractivity contribution in [2.75, 3.05) is 6.67 Å². The third kappa shape index (κ3) is 2.66. The normalized spacial score (nSPS) is 29.6. The van der Waals surface area contributed by atoms with Crippen LogP contribution in [0.25, 0.3) is 0 Å². The molecule has 3 unspecified atom stereocenters. The van der Waals surface area contributed by atoms with Crippen molar-refractivity contribution >= 4 is 5.97 Å². The minimum atomic E-state index is -3.28. The molecular weight excluding hydrogens is 316 g/mol. The largest absolute Gasteiger partial charge is 0.466 e. The van der Waals surface area contributed by atoms with Gasteiger partial charge in [0.25, 0.3) is 6.43 Å². The molecule has 0 spiro atoms. The van der Waals surface area contributed by atoms with E-state index in [0.29, 0.717) is 23.5 Å². The molecule has 0 aliphatic heterocycles. The summed E-state index contributed by atoms with van der Waals surface area (Å²) in [6.07, 6.45) is -1.17. The van der Waals surface area contributed by atoms with Crippen LogP contribution in [0.15, 0.2) is 23.1 Å². The van der Waals surface area contributed by atoms with E-state index in [2.05, 4.69) is 6.58 Å². The van der Waals surface area contributed by atoms with Gasteiger partial charge in [-0.25, -0.2) is 13.2 Å². The number of aryl methyl sites for hydroxylation is 1. The number of rotatable bonds is 7. The van der Waals surface area contributed by atoms with E-state index in [1.165, 1.54) is 0 Å². The summed E-state index contributed by atoms with van der Waals surface area (Å²) in [6, 6.07) is 1.64. The van der Waals surface area contributed by atoms with Crippen LogP contribution in [0.4, 0.5) is 17.6 Å². The minimum absolute atomic E-state index is 0.247. The van der Waals surface area contributed by atoms with Crippen LogP contribution in [0.2, 0.25) is 0 Å². The molecule has 1 aliphatic carbocycles.